The van der Waals surface area contributed by atoms with Crippen molar-refractivity contribution in [3.63, 3.8) is 0 Å². The molecule has 8 nitrogen and oxygen atoms in total. The van der Waals surface area contributed by atoms with Gasteiger partial charge in [-0.05, 0) is 24.1 Å². The molecule has 0 radical (unpaired) electrons. The van der Waals surface area contributed by atoms with Crippen molar-refractivity contribution in [2.45, 2.75) is 45.1 Å². The van der Waals surface area contributed by atoms with Crippen molar-refractivity contribution >= 4 is 34.3 Å². The maximum absolute atomic E-state index is 12.6. The smallest absolute Gasteiger partial charge is 0.324 e. The van der Waals surface area contributed by atoms with Gasteiger partial charge in [0.05, 0.1) is 19.2 Å². The predicted molar refractivity (Wildman–Crippen MR) is 115 cm³/mol. The van der Waals surface area contributed by atoms with Crippen LogP contribution in [0.1, 0.15) is 38.4 Å². The van der Waals surface area contributed by atoms with Crippen LogP contribution in [0.3, 0.4) is 0 Å². The summed E-state index contributed by atoms with van der Waals surface area (Å²) in [7, 11) is 1.59. The van der Waals surface area contributed by atoms with E-state index in [9.17, 15) is 14.4 Å². The molecule has 160 valence electrons. The van der Waals surface area contributed by atoms with E-state index in [1.54, 1.807) is 7.11 Å². The van der Waals surface area contributed by atoms with Gasteiger partial charge in [-0.1, -0.05) is 32.9 Å². The van der Waals surface area contributed by atoms with Gasteiger partial charge in [-0.25, -0.2) is 9.78 Å². The van der Waals surface area contributed by atoms with Gasteiger partial charge in [0.15, 0.2) is 5.13 Å². The molecule has 1 atom stereocenters. The van der Waals surface area contributed by atoms with Gasteiger partial charge in [-0.15, -0.1) is 11.3 Å². The van der Waals surface area contributed by atoms with Crippen molar-refractivity contribution in [1.82, 2.24) is 15.2 Å². The summed E-state index contributed by atoms with van der Waals surface area (Å²) in [5.74, 6) is -0.00619. The van der Waals surface area contributed by atoms with Gasteiger partial charge in [-0.3, -0.25) is 14.5 Å². The van der Waals surface area contributed by atoms with Crippen LogP contribution in [-0.2, 0) is 21.4 Å². The lowest BCUT2D eigenvalue weighted by Crippen LogP contribution is -2.35. The van der Waals surface area contributed by atoms with Crippen LogP contribution in [0.15, 0.2) is 29.6 Å². The fraction of sp³-hybridized carbons (Fsp3) is 0.429. The minimum Gasteiger partial charge on any atom is -0.497 e. The third-order valence-corrected chi connectivity index (χ3v) is 5.56. The standard InChI is InChI=1S/C21H26N4O4S/c1-21(2,3)16-12-30-19(23-16)24-17(26)11-15-18(27)25(20(28)22-15)10-9-13-5-7-14(29-4)8-6-13/h5-8,12,15H,9-11H2,1-4H3,(H,22,28)(H,23,24,26)/t15-/m0/s1. The quantitative estimate of drug-likeness (QED) is 0.658. The van der Waals surface area contributed by atoms with E-state index in [0.717, 1.165) is 21.9 Å². The lowest BCUT2D eigenvalue weighted by atomic mass is 9.93. The maximum atomic E-state index is 12.6. The highest BCUT2D eigenvalue weighted by molar-refractivity contribution is 7.13. The van der Waals surface area contributed by atoms with Crippen LogP contribution in [0.2, 0.25) is 0 Å². The van der Waals surface area contributed by atoms with Gasteiger partial charge in [0.1, 0.15) is 11.8 Å². The third kappa shape index (κ3) is 5.15. The largest absolute Gasteiger partial charge is 0.497 e. The molecule has 0 saturated carbocycles. The summed E-state index contributed by atoms with van der Waals surface area (Å²) in [4.78, 5) is 42.7. The zero-order valence-electron chi connectivity index (χ0n) is 17.5. The lowest BCUT2D eigenvalue weighted by Gasteiger charge is -2.14. The second-order valence-electron chi connectivity index (χ2n) is 8.13. The second-order valence-corrected chi connectivity index (χ2v) is 8.99. The Morgan fingerprint density at radius 2 is 1.97 bits per heavy atom. The number of carbonyl (C=O) groups is 3. The molecule has 1 saturated heterocycles. The fourth-order valence-corrected chi connectivity index (χ4v) is 3.94. The van der Waals surface area contributed by atoms with Crippen molar-refractivity contribution in [3.8, 4) is 5.75 Å². The number of aromatic nitrogens is 1. The zero-order chi connectivity index (χ0) is 21.9. The van der Waals surface area contributed by atoms with Gasteiger partial charge in [0.2, 0.25) is 5.91 Å². The number of rotatable bonds is 7. The van der Waals surface area contributed by atoms with Crippen LogP contribution >= 0.6 is 11.3 Å². The number of thiazole rings is 1. The average molecular weight is 431 g/mol. The van der Waals surface area contributed by atoms with Gasteiger partial charge in [0.25, 0.3) is 5.91 Å². The molecule has 4 amide bonds. The van der Waals surface area contributed by atoms with E-state index in [-0.39, 0.29) is 24.3 Å². The highest BCUT2D eigenvalue weighted by Gasteiger charge is 2.38. The van der Waals surface area contributed by atoms with Crippen LogP contribution < -0.4 is 15.4 Å². The molecule has 3 rings (SSSR count). The first kappa shape index (κ1) is 21.8. The molecule has 1 aromatic heterocycles. The van der Waals surface area contributed by atoms with E-state index in [0.29, 0.717) is 11.6 Å². The van der Waals surface area contributed by atoms with E-state index in [2.05, 4.69) is 15.6 Å². The maximum Gasteiger partial charge on any atom is 0.324 e. The average Bonchev–Trinajstić information content (AvgIpc) is 3.26. The number of nitrogens with one attached hydrogen (secondary N) is 2. The molecule has 1 fully saturated rings. The molecule has 2 heterocycles. The number of nitrogens with zero attached hydrogens (tertiary/aromatic N) is 2. The van der Waals surface area contributed by atoms with E-state index in [1.807, 2.05) is 50.4 Å². The molecule has 0 unspecified atom stereocenters. The number of hydrogen-bond donors (Lipinski definition) is 2. The molecule has 1 aliphatic heterocycles. The Labute approximate surface area is 179 Å². The molecule has 0 aliphatic carbocycles. The first-order valence-corrected chi connectivity index (χ1v) is 10.6. The summed E-state index contributed by atoms with van der Waals surface area (Å²) in [5, 5.41) is 7.69. The summed E-state index contributed by atoms with van der Waals surface area (Å²) in [6, 6.07) is 6.10. The molecular formula is C21H26N4O4S. The number of ether oxygens (including phenoxy) is 1. The minimum atomic E-state index is -0.865. The molecule has 1 aromatic carbocycles. The first-order chi connectivity index (χ1) is 14.2. The molecule has 0 spiro atoms. The number of hydrogen-bond acceptors (Lipinski definition) is 6. The van der Waals surface area contributed by atoms with Crippen LogP contribution in [0.25, 0.3) is 0 Å². The Balaban J connectivity index is 1.53. The Bertz CT molecular complexity index is 933. The van der Waals surface area contributed by atoms with E-state index in [4.69, 9.17) is 4.74 Å². The highest BCUT2D eigenvalue weighted by atomic mass is 32.1. The number of urea groups is 1. The molecule has 2 aromatic rings. The molecule has 2 N–H and O–H groups in total. The van der Waals surface area contributed by atoms with Crippen molar-refractivity contribution in [3.05, 3.63) is 40.9 Å². The van der Waals surface area contributed by atoms with Crippen molar-refractivity contribution < 1.29 is 19.1 Å². The Kier molecular flexibility index (Phi) is 6.40. The van der Waals surface area contributed by atoms with Crippen LogP contribution in [-0.4, -0.2) is 47.4 Å². The molecule has 0 bridgehead atoms. The van der Waals surface area contributed by atoms with Gasteiger partial charge in [-0.2, -0.15) is 0 Å². The second kappa shape index (κ2) is 8.83. The summed E-state index contributed by atoms with van der Waals surface area (Å²) in [6.07, 6.45) is 0.394. The minimum absolute atomic E-state index is 0.112. The first-order valence-electron chi connectivity index (χ1n) is 9.68. The van der Waals surface area contributed by atoms with Crippen molar-refractivity contribution in [1.29, 1.82) is 0 Å². The van der Waals surface area contributed by atoms with Crippen molar-refractivity contribution in [2.75, 3.05) is 19.0 Å². The number of carbonyl (C=O) groups excluding carboxylic acids is 3. The Morgan fingerprint density at radius 1 is 1.27 bits per heavy atom. The zero-order valence-corrected chi connectivity index (χ0v) is 18.3. The number of amides is 4. The topological polar surface area (TPSA) is 101 Å². The summed E-state index contributed by atoms with van der Waals surface area (Å²) < 4.78 is 5.12. The third-order valence-electron chi connectivity index (χ3n) is 4.80. The van der Waals surface area contributed by atoms with Crippen LogP contribution in [0, 0.1) is 0 Å². The number of benzene rings is 1. The monoisotopic (exact) mass is 430 g/mol. The molecular weight excluding hydrogens is 404 g/mol. The highest BCUT2D eigenvalue weighted by Crippen LogP contribution is 2.26. The molecule has 1 aliphatic rings. The predicted octanol–water partition coefficient (Wildman–Crippen LogP) is 2.94. The van der Waals surface area contributed by atoms with E-state index in [1.165, 1.54) is 11.3 Å². The summed E-state index contributed by atoms with van der Waals surface area (Å²) in [5.41, 5.74) is 1.76. The normalized spacial score (nSPS) is 16.5. The number of methoxy groups -OCH3 is 1. The Hall–Kier alpha value is -2.94. The molecule has 30 heavy (non-hydrogen) atoms. The summed E-state index contributed by atoms with van der Waals surface area (Å²) in [6.45, 7) is 6.37. The van der Waals surface area contributed by atoms with E-state index < -0.39 is 18.0 Å². The molecule has 9 heteroatoms. The van der Waals surface area contributed by atoms with Crippen molar-refractivity contribution in [2.24, 2.45) is 0 Å². The number of anilines is 1. The van der Waals surface area contributed by atoms with Crippen LogP contribution in [0.5, 0.6) is 5.75 Å². The van der Waals surface area contributed by atoms with Gasteiger partial charge < -0.3 is 15.4 Å². The number of imide groups is 1. The van der Waals surface area contributed by atoms with E-state index >= 15 is 0 Å². The lowest BCUT2D eigenvalue weighted by molar-refractivity contribution is -0.129. The van der Waals surface area contributed by atoms with Gasteiger partial charge in [0, 0.05) is 17.3 Å². The van der Waals surface area contributed by atoms with Crippen LogP contribution in [0.4, 0.5) is 9.93 Å². The van der Waals surface area contributed by atoms with Gasteiger partial charge >= 0.3 is 6.03 Å². The summed E-state index contributed by atoms with van der Waals surface area (Å²) >= 11 is 1.34. The Morgan fingerprint density at radius 3 is 2.57 bits per heavy atom. The SMILES string of the molecule is COc1ccc(CCN2C(=O)N[C@@H](CC(=O)Nc3nc(C(C)(C)C)cs3)C2=O)cc1. The fourth-order valence-electron chi connectivity index (χ4n) is 2.99.